The predicted octanol–water partition coefficient (Wildman–Crippen LogP) is 1.39. The molecule has 0 bridgehead atoms. The second-order valence-electron chi connectivity index (χ2n) is 5.31. The average Bonchev–Trinajstić information content (AvgIpc) is 2.36. The Morgan fingerprint density at radius 2 is 2.06 bits per heavy atom. The minimum Gasteiger partial charge on any atom is -0.396 e. The molecule has 18 heavy (non-hydrogen) atoms. The minimum atomic E-state index is 0.243. The summed E-state index contributed by atoms with van der Waals surface area (Å²) < 4.78 is 0. The Kier molecular flexibility index (Phi) is 7.51. The number of nitrogens with zero attached hydrogens (tertiary/aromatic N) is 2. The lowest BCUT2D eigenvalue weighted by Crippen LogP contribution is -2.42. The fourth-order valence-electron chi connectivity index (χ4n) is 2.25. The van der Waals surface area contributed by atoms with E-state index in [4.69, 9.17) is 10.8 Å². The molecule has 0 aromatic rings. The molecular formula is C13H27N3OS. The maximum atomic E-state index is 9.07. The summed E-state index contributed by atoms with van der Waals surface area (Å²) in [6, 6.07) is 0. The van der Waals surface area contributed by atoms with E-state index in [0.717, 1.165) is 44.0 Å². The number of thioether (sulfide) groups is 1. The van der Waals surface area contributed by atoms with E-state index < -0.39 is 0 Å². The van der Waals surface area contributed by atoms with Crippen molar-refractivity contribution >= 4 is 17.7 Å². The minimum absolute atomic E-state index is 0.243. The Bertz CT molecular complexity index is 253. The molecule has 0 aromatic heterocycles. The fraction of sp³-hybridized carbons (Fsp3) is 0.923. The van der Waals surface area contributed by atoms with Crippen molar-refractivity contribution in [3.63, 3.8) is 0 Å². The van der Waals surface area contributed by atoms with Crippen LogP contribution in [0.2, 0.25) is 0 Å². The number of nitrogens with two attached hydrogens (primary N) is 1. The molecular weight excluding hydrogens is 246 g/mol. The average molecular weight is 273 g/mol. The van der Waals surface area contributed by atoms with Crippen LogP contribution >= 0.6 is 11.8 Å². The van der Waals surface area contributed by atoms with Crippen molar-refractivity contribution in [1.29, 1.82) is 0 Å². The number of aliphatic hydroxyl groups is 1. The first-order valence-corrected chi connectivity index (χ1v) is 8.02. The highest BCUT2D eigenvalue weighted by molar-refractivity contribution is 7.99. The maximum absolute atomic E-state index is 9.07. The van der Waals surface area contributed by atoms with Gasteiger partial charge < -0.3 is 15.7 Å². The summed E-state index contributed by atoms with van der Waals surface area (Å²) in [5.74, 6) is 4.06. The molecule has 1 heterocycles. The van der Waals surface area contributed by atoms with Crippen LogP contribution in [0.25, 0.3) is 0 Å². The van der Waals surface area contributed by atoms with Gasteiger partial charge in [-0.05, 0) is 24.7 Å². The molecule has 4 nitrogen and oxygen atoms in total. The Labute approximate surface area is 115 Å². The van der Waals surface area contributed by atoms with Crippen LogP contribution in [0.15, 0.2) is 4.99 Å². The second-order valence-corrected chi connectivity index (χ2v) is 6.53. The third-order valence-electron chi connectivity index (χ3n) is 3.19. The fourth-order valence-corrected chi connectivity index (χ4v) is 3.15. The first-order chi connectivity index (χ1) is 8.63. The van der Waals surface area contributed by atoms with Crippen LogP contribution in [-0.2, 0) is 0 Å². The molecule has 1 saturated heterocycles. The molecule has 1 aliphatic heterocycles. The number of aliphatic hydroxyl groups excluding tert-OH is 1. The van der Waals surface area contributed by atoms with Crippen molar-refractivity contribution in [3.8, 4) is 0 Å². The van der Waals surface area contributed by atoms with Crippen molar-refractivity contribution in [2.45, 2.75) is 26.7 Å². The van der Waals surface area contributed by atoms with Gasteiger partial charge in [0.1, 0.15) is 0 Å². The molecule has 3 N–H and O–H groups in total. The zero-order valence-corrected chi connectivity index (χ0v) is 12.5. The summed E-state index contributed by atoms with van der Waals surface area (Å²) in [5.41, 5.74) is 6.03. The molecule has 0 radical (unpaired) electrons. The summed E-state index contributed by atoms with van der Waals surface area (Å²) in [5, 5.41) is 9.07. The highest BCUT2D eigenvalue weighted by atomic mass is 32.2. The SMILES string of the molecule is CC(C)CC(CCO)CN=C(N)N1CCSCC1. The van der Waals surface area contributed by atoms with Gasteiger partial charge in [-0.25, -0.2) is 0 Å². The van der Waals surface area contributed by atoms with E-state index in [1.54, 1.807) is 0 Å². The van der Waals surface area contributed by atoms with E-state index in [1.807, 2.05) is 11.8 Å². The van der Waals surface area contributed by atoms with Crippen LogP contribution in [0, 0.1) is 11.8 Å². The molecule has 0 aliphatic carbocycles. The van der Waals surface area contributed by atoms with E-state index in [9.17, 15) is 0 Å². The van der Waals surface area contributed by atoms with Crippen LogP contribution in [0.3, 0.4) is 0 Å². The third kappa shape index (κ3) is 5.96. The predicted molar refractivity (Wildman–Crippen MR) is 80.0 cm³/mol. The first-order valence-electron chi connectivity index (χ1n) is 6.87. The van der Waals surface area contributed by atoms with Gasteiger partial charge in [0, 0.05) is 37.7 Å². The van der Waals surface area contributed by atoms with Gasteiger partial charge in [-0.2, -0.15) is 11.8 Å². The summed E-state index contributed by atoms with van der Waals surface area (Å²) >= 11 is 1.97. The first kappa shape index (κ1) is 15.6. The molecule has 1 aliphatic rings. The molecule has 106 valence electrons. The largest absolute Gasteiger partial charge is 0.396 e. The third-order valence-corrected chi connectivity index (χ3v) is 4.13. The number of aliphatic imine (C=N–C) groups is 1. The van der Waals surface area contributed by atoms with Crippen molar-refractivity contribution in [2.75, 3.05) is 37.7 Å². The summed E-state index contributed by atoms with van der Waals surface area (Å²) in [6.07, 6.45) is 1.93. The van der Waals surface area contributed by atoms with Crippen molar-refractivity contribution < 1.29 is 5.11 Å². The Morgan fingerprint density at radius 3 is 2.61 bits per heavy atom. The van der Waals surface area contributed by atoms with Gasteiger partial charge in [-0.1, -0.05) is 13.8 Å². The van der Waals surface area contributed by atoms with Gasteiger partial charge in [0.2, 0.25) is 0 Å². The van der Waals surface area contributed by atoms with Crippen molar-refractivity contribution in [2.24, 2.45) is 22.6 Å². The molecule has 1 fully saturated rings. The van der Waals surface area contributed by atoms with Crippen molar-refractivity contribution in [3.05, 3.63) is 0 Å². The van der Waals surface area contributed by atoms with Crippen LogP contribution in [0.4, 0.5) is 0 Å². The van der Waals surface area contributed by atoms with Gasteiger partial charge in [0.05, 0.1) is 0 Å². The lowest BCUT2D eigenvalue weighted by atomic mass is 9.94. The molecule has 1 atom stereocenters. The van der Waals surface area contributed by atoms with E-state index in [-0.39, 0.29) is 6.61 Å². The maximum Gasteiger partial charge on any atom is 0.191 e. The van der Waals surface area contributed by atoms with Crippen LogP contribution in [0.5, 0.6) is 0 Å². The molecule has 5 heteroatoms. The summed E-state index contributed by atoms with van der Waals surface area (Å²) in [4.78, 5) is 6.69. The molecule has 0 aromatic carbocycles. The number of rotatable bonds is 6. The molecule has 0 amide bonds. The highest BCUT2D eigenvalue weighted by Gasteiger charge is 2.14. The highest BCUT2D eigenvalue weighted by Crippen LogP contribution is 2.16. The second kappa shape index (κ2) is 8.64. The molecule has 1 unspecified atom stereocenters. The Morgan fingerprint density at radius 1 is 1.39 bits per heavy atom. The van der Waals surface area contributed by atoms with Gasteiger partial charge in [-0.3, -0.25) is 4.99 Å². The van der Waals surface area contributed by atoms with E-state index in [2.05, 4.69) is 23.7 Å². The lowest BCUT2D eigenvalue weighted by molar-refractivity contribution is 0.245. The summed E-state index contributed by atoms with van der Waals surface area (Å²) in [7, 11) is 0. The Hall–Kier alpha value is -0.420. The summed E-state index contributed by atoms with van der Waals surface area (Å²) in [6.45, 7) is 7.42. The smallest absolute Gasteiger partial charge is 0.191 e. The monoisotopic (exact) mass is 273 g/mol. The van der Waals surface area contributed by atoms with Crippen molar-refractivity contribution in [1.82, 2.24) is 4.90 Å². The van der Waals surface area contributed by atoms with Crippen LogP contribution < -0.4 is 5.73 Å². The van der Waals surface area contributed by atoms with E-state index in [0.29, 0.717) is 17.8 Å². The van der Waals surface area contributed by atoms with Gasteiger partial charge in [0.15, 0.2) is 5.96 Å². The van der Waals surface area contributed by atoms with Gasteiger partial charge >= 0.3 is 0 Å². The standard InChI is InChI=1S/C13H27N3OS/c1-11(2)9-12(3-6-17)10-15-13(14)16-4-7-18-8-5-16/h11-12,17H,3-10H2,1-2H3,(H2,14,15). The number of hydrogen-bond donors (Lipinski definition) is 2. The molecule has 1 rings (SSSR count). The topological polar surface area (TPSA) is 61.9 Å². The molecule has 0 spiro atoms. The van der Waals surface area contributed by atoms with Gasteiger partial charge in [-0.15, -0.1) is 0 Å². The van der Waals surface area contributed by atoms with E-state index in [1.165, 1.54) is 0 Å². The number of guanidine groups is 1. The van der Waals surface area contributed by atoms with E-state index >= 15 is 0 Å². The lowest BCUT2D eigenvalue weighted by Gasteiger charge is -2.27. The van der Waals surface area contributed by atoms with Gasteiger partial charge in [0.25, 0.3) is 0 Å². The zero-order chi connectivity index (χ0) is 13.4. The van der Waals surface area contributed by atoms with Crippen LogP contribution in [0.1, 0.15) is 26.7 Å². The molecule has 0 saturated carbocycles. The zero-order valence-electron chi connectivity index (χ0n) is 11.6. The normalized spacial score (nSPS) is 19.3. The number of hydrogen-bond acceptors (Lipinski definition) is 3. The Balaban J connectivity index is 2.41. The quantitative estimate of drug-likeness (QED) is 0.567. The van der Waals surface area contributed by atoms with Crippen LogP contribution in [-0.4, -0.2) is 53.7 Å².